The van der Waals surface area contributed by atoms with E-state index in [0.29, 0.717) is 13.0 Å². The van der Waals surface area contributed by atoms with Gasteiger partial charge in [-0.15, -0.1) is 6.58 Å². The highest BCUT2D eigenvalue weighted by molar-refractivity contribution is 5.77. The van der Waals surface area contributed by atoms with Crippen LogP contribution in [0.5, 0.6) is 5.75 Å². The Morgan fingerprint density at radius 3 is 2.61 bits per heavy atom. The molecule has 23 heavy (non-hydrogen) atoms. The summed E-state index contributed by atoms with van der Waals surface area (Å²) >= 11 is 0. The van der Waals surface area contributed by atoms with Crippen LogP contribution in [-0.4, -0.2) is 42.0 Å². The Bertz CT molecular complexity index is 571. The Hall–Kier alpha value is -2.90. The maximum Gasteiger partial charge on any atom is 0.412 e. The summed E-state index contributed by atoms with van der Waals surface area (Å²) in [5.41, 5.74) is -0.0917. The SMILES string of the molecule is C=CCCN(C)C(=O)CCNC(=O)Oc1ccc([N+](=O)[O-])cc1. The third kappa shape index (κ3) is 6.60. The van der Waals surface area contributed by atoms with Crippen molar-refractivity contribution >= 4 is 17.7 Å². The van der Waals surface area contributed by atoms with Gasteiger partial charge in [-0.25, -0.2) is 4.79 Å². The molecule has 1 N–H and O–H groups in total. The Labute approximate surface area is 133 Å². The maximum absolute atomic E-state index is 11.7. The molecule has 0 saturated heterocycles. The number of ether oxygens (including phenoxy) is 1. The summed E-state index contributed by atoms with van der Waals surface area (Å²) in [5, 5.41) is 13.0. The fourth-order valence-electron chi connectivity index (χ4n) is 1.65. The molecule has 8 nitrogen and oxygen atoms in total. The van der Waals surface area contributed by atoms with Crippen LogP contribution in [0.15, 0.2) is 36.9 Å². The normalized spacial score (nSPS) is 9.78. The first-order chi connectivity index (χ1) is 10.9. The smallest absolute Gasteiger partial charge is 0.410 e. The first-order valence-electron chi connectivity index (χ1n) is 6.99. The quantitative estimate of drug-likeness (QED) is 0.449. The largest absolute Gasteiger partial charge is 0.412 e. The van der Waals surface area contributed by atoms with E-state index in [1.54, 1.807) is 18.0 Å². The topological polar surface area (TPSA) is 102 Å². The van der Waals surface area contributed by atoms with E-state index < -0.39 is 11.0 Å². The fourth-order valence-corrected chi connectivity index (χ4v) is 1.65. The summed E-state index contributed by atoms with van der Waals surface area (Å²) in [6.07, 6.45) is 1.87. The molecule has 2 amide bonds. The molecule has 1 aromatic carbocycles. The lowest BCUT2D eigenvalue weighted by atomic mass is 10.3. The van der Waals surface area contributed by atoms with Crippen LogP contribution in [0.1, 0.15) is 12.8 Å². The third-order valence-electron chi connectivity index (χ3n) is 2.96. The minimum atomic E-state index is -0.722. The summed E-state index contributed by atoms with van der Waals surface area (Å²) in [7, 11) is 1.68. The molecule has 0 unspecified atom stereocenters. The highest BCUT2D eigenvalue weighted by Gasteiger charge is 2.10. The first kappa shape index (κ1) is 18.1. The van der Waals surface area contributed by atoms with Crippen LogP contribution in [0.3, 0.4) is 0 Å². The van der Waals surface area contributed by atoms with Gasteiger partial charge in [0.05, 0.1) is 4.92 Å². The average molecular weight is 321 g/mol. The molecule has 0 aliphatic carbocycles. The summed E-state index contributed by atoms with van der Waals surface area (Å²) in [6, 6.07) is 5.12. The number of carbonyl (C=O) groups excluding carboxylic acids is 2. The van der Waals surface area contributed by atoms with E-state index in [2.05, 4.69) is 11.9 Å². The molecule has 0 radical (unpaired) electrons. The van der Waals surface area contributed by atoms with E-state index in [0.717, 1.165) is 0 Å². The molecular weight excluding hydrogens is 302 g/mol. The lowest BCUT2D eigenvalue weighted by Gasteiger charge is -2.16. The van der Waals surface area contributed by atoms with Crippen molar-refractivity contribution in [3.05, 3.63) is 47.0 Å². The second-order valence-electron chi connectivity index (χ2n) is 4.71. The third-order valence-corrected chi connectivity index (χ3v) is 2.96. The van der Waals surface area contributed by atoms with E-state index >= 15 is 0 Å². The molecular formula is C15H19N3O5. The monoisotopic (exact) mass is 321 g/mol. The first-order valence-corrected chi connectivity index (χ1v) is 6.99. The zero-order valence-electron chi connectivity index (χ0n) is 12.9. The van der Waals surface area contributed by atoms with Crippen LogP contribution in [-0.2, 0) is 4.79 Å². The van der Waals surface area contributed by atoms with Gasteiger partial charge in [0, 0.05) is 38.7 Å². The molecule has 8 heteroatoms. The van der Waals surface area contributed by atoms with Crippen molar-refractivity contribution in [2.75, 3.05) is 20.1 Å². The predicted octanol–water partition coefficient (Wildman–Crippen LogP) is 2.11. The number of nitrogens with zero attached hydrogens (tertiary/aromatic N) is 2. The number of non-ortho nitro benzene ring substituents is 1. The summed E-state index contributed by atoms with van der Waals surface area (Å²) in [5.74, 6) is 0.0880. The van der Waals surface area contributed by atoms with Crippen LogP contribution < -0.4 is 10.1 Å². The van der Waals surface area contributed by atoms with Gasteiger partial charge in [-0.05, 0) is 18.6 Å². The zero-order valence-corrected chi connectivity index (χ0v) is 12.9. The van der Waals surface area contributed by atoms with Gasteiger partial charge in [0.15, 0.2) is 0 Å². The van der Waals surface area contributed by atoms with Crippen LogP contribution >= 0.6 is 0 Å². The minimum absolute atomic E-state index is 0.0917. The van der Waals surface area contributed by atoms with Crippen LogP contribution in [0.2, 0.25) is 0 Å². The molecule has 0 fully saturated rings. The summed E-state index contributed by atoms with van der Waals surface area (Å²) in [6.45, 7) is 4.30. The van der Waals surface area contributed by atoms with Gasteiger partial charge < -0.3 is 15.0 Å². The number of rotatable bonds is 8. The second-order valence-corrected chi connectivity index (χ2v) is 4.71. The number of hydrogen-bond donors (Lipinski definition) is 1. The Balaban J connectivity index is 2.32. The Kier molecular flexibility index (Phi) is 7.25. The van der Waals surface area contributed by atoms with Crippen molar-refractivity contribution in [2.45, 2.75) is 12.8 Å². The lowest BCUT2D eigenvalue weighted by molar-refractivity contribution is -0.384. The summed E-state index contributed by atoms with van der Waals surface area (Å²) < 4.78 is 4.95. The van der Waals surface area contributed by atoms with Crippen LogP contribution in [0.4, 0.5) is 10.5 Å². The van der Waals surface area contributed by atoms with E-state index in [1.165, 1.54) is 24.3 Å². The number of nitrogens with one attached hydrogen (secondary N) is 1. The van der Waals surface area contributed by atoms with Crippen molar-refractivity contribution < 1.29 is 19.2 Å². The van der Waals surface area contributed by atoms with Crippen molar-refractivity contribution in [3.63, 3.8) is 0 Å². The highest BCUT2D eigenvalue weighted by atomic mass is 16.6. The minimum Gasteiger partial charge on any atom is -0.410 e. The van der Waals surface area contributed by atoms with Gasteiger partial charge in [0.25, 0.3) is 5.69 Å². The van der Waals surface area contributed by atoms with Gasteiger partial charge >= 0.3 is 6.09 Å². The molecule has 0 aliphatic heterocycles. The van der Waals surface area contributed by atoms with Crippen LogP contribution in [0, 0.1) is 10.1 Å². The number of nitro benzene ring substituents is 1. The van der Waals surface area contributed by atoms with Crippen molar-refractivity contribution in [1.82, 2.24) is 10.2 Å². The van der Waals surface area contributed by atoms with E-state index in [-0.39, 0.29) is 30.3 Å². The lowest BCUT2D eigenvalue weighted by Crippen LogP contribution is -2.33. The number of carbonyl (C=O) groups is 2. The number of nitro groups is 1. The molecule has 1 rings (SSSR count). The molecule has 0 bridgehead atoms. The number of benzene rings is 1. The molecule has 0 aromatic heterocycles. The van der Waals surface area contributed by atoms with Gasteiger partial charge in [0.2, 0.25) is 5.91 Å². The summed E-state index contributed by atoms with van der Waals surface area (Å²) in [4.78, 5) is 34.8. The average Bonchev–Trinajstić information content (AvgIpc) is 2.52. The molecule has 0 saturated carbocycles. The molecule has 0 aliphatic rings. The van der Waals surface area contributed by atoms with Crippen molar-refractivity contribution in [2.24, 2.45) is 0 Å². The molecule has 0 heterocycles. The van der Waals surface area contributed by atoms with E-state index in [1.807, 2.05) is 0 Å². The molecule has 1 aromatic rings. The number of hydrogen-bond acceptors (Lipinski definition) is 5. The zero-order chi connectivity index (χ0) is 17.2. The Morgan fingerprint density at radius 2 is 2.04 bits per heavy atom. The van der Waals surface area contributed by atoms with Crippen molar-refractivity contribution in [1.29, 1.82) is 0 Å². The number of amides is 2. The molecule has 0 atom stereocenters. The highest BCUT2D eigenvalue weighted by Crippen LogP contribution is 2.17. The molecule has 0 spiro atoms. The Morgan fingerprint density at radius 1 is 1.39 bits per heavy atom. The predicted molar refractivity (Wildman–Crippen MR) is 84.2 cm³/mol. The second kappa shape index (κ2) is 9.19. The van der Waals surface area contributed by atoms with Gasteiger partial charge in [-0.2, -0.15) is 0 Å². The van der Waals surface area contributed by atoms with Gasteiger partial charge in [-0.1, -0.05) is 6.08 Å². The van der Waals surface area contributed by atoms with E-state index in [4.69, 9.17) is 4.74 Å². The molecule has 124 valence electrons. The van der Waals surface area contributed by atoms with Crippen LogP contribution in [0.25, 0.3) is 0 Å². The maximum atomic E-state index is 11.7. The van der Waals surface area contributed by atoms with Crippen molar-refractivity contribution in [3.8, 4) is 5.75 Å². The van der Waals surface area contributed by atoms with Gasteiger partial charge in [-0.3, -0.25) is 14.9 Å². The standard InChI is InChI=1S/C15H19N3O5/c1-3-4-11-17(2)14(19)9-10-16-15(20)23-13-7-5-12(6-8-13)18(21)22/h3,5-8H,1,4,9-11H2,2H3,(H,16,20). The van der Waals surface area contributed by atoms with E-state index in [9.17, 15) is 19.7 Å². The fraction of sp³-hybridized carbons (Fsp3) is 0.333. The van der Waals surface area contributed by atoms with Gasteiger partial charge in [0.1, 0.15) is 5.75 Å².